The van der Waals surface area contributed by atoms with Gasteiger partial charge in [0.15, 0.2) is 5.78 Å². The number of hydrogen-bond donors (Lipinski definition) is 1. The highest BCUT2D eigenvalue weighted by atomic mass is 16.5. The fraction of sp³-hybridized carbons (Fsp3) is 0.917. The number of ether oxygens (including phenoxy) is 2. The molecule has 0 aliphatic carbocycles. The molecule has 0 aromatic rings. The van der Waals surface area contributed by atoms with Crippen LogP contribution in [0.3, 0.4) is 0 Å². The molecular weight excluding hydrogens is 220 g/mol. The van der Waals surface area contributed by atoms with Crippen LogP contribution < -0.4 is 5.32 Å². The molecule has 0 atom stereocenters. The van der Waals surface area contributed by atoms with Crippen LogP contribution in [-0.4, -0.2) is 70.3 Å². The standard InChI is InChI=1S/C12H26N2O3/c1-4-13-5-8-16-9-6-14(3)7-10-17-11-12(2)15/h13H,4-11H2,1-3H3. The maximum Gasteiger partial charge on any atom is 0.155 e. The lowest BCUT2D eigenvalue weighted by molar-refractivity contribution is -0.121. The molecule has 0 fully saturated rings. The van der Waals surface area contributed by atoms with E-state index in [1.807, 2.05) is 7.05 Å². The Morgan fingerprint density at radius 1 is 1.18 bits per heavy atom. The Morgan fingerprint density at radius 3 is 2.41 bits per heavy atom. The SMILES string of the molecule is CCNCCOCCN(C)CCOCC(C)=O. The van der Waals surface area contributed by atoms with Gasteiger partial charge in [-0.05, 0) is 20.5 Å². The van der Waals surface area contributed by atoms with Crippen LogP contribution in [0.15, 0.2) is 0 Å². The number of carbonyl (C=O) groups excluding carboxylic acids is 1. The van der Waals surface area contributed by atoms with Gasteiger partial charge in [-0.1, -0.05) is 6.92 Å². The monoisotopic (exact) mass is 246 g/mol. The van der Waals surface area contributed by atoms with Gasteiger partial charge >= 0.3 is 0 Å². The highest BCUT2D eigenvalue weighted by molar-refractivity contribution is 5.76. The van der Waals surface area contributed by atoms with Crippen LogP contribution in [0.4, 0.5) is 0 Å². The molecule has 0 bridgehead atoms. The van der Waals surface area contributed by atoms with Crippen LogP contribution in [0.2, 0.25) is 0 Å². The normalized spacial score (nSPS) is 11.1. The highest BCUT2D eigenvalue weighted by Crippen LogP contribution is 1.85. The summed E-state index contributed by atoms with van der Waals surface area (Å²) in [6.07, 6.45) is 0. The molecule has 0 rings (SSSR count). The van der Waals surface area contributed by atoms with Gasteiger partial charge in [0.1, 0.15) is 6.61 Å². The van der Waals surface area contributed by atoms with Crippen LogP contribution in [0, 0.1) is 0 Å². The Morgan fingerprint density at radius 2 is 1.82 bits per heavy atom. The lowest BCUT2D eigenvalue weighted by Gasteiger charge is -2.16. The zero-order chi connectivity index (χ0) is 12.9. The van der Waals surface area contributed by atoms with Crippen LogP contribution in [0.1, 0.15) is 13.8 Å². The molecule has 0 aromatic heterocycles. The second kappa shape index (κ2) is 12.0. The van der Waals surface area contributed by atoms with Crippen molar-refractivity contribution in [1.29, 1.82) is 0 Å². The molecule has 5 nitrogen and oxygen atoms in total. The van der Waals surface area contributed by atoms with Crippen molar-refractivity contribution in [2.45, 2.75) is 13.8 Å². The Balaban J connectivity index is 3.17. The first-order valence-electron chi connectivity index (χ1n) is 6.21. The van der Waals surface area contributed by atoms with Crippen molar-refractivity contribution in [2.75, 3.05) is 59.7 Å². The van der Waals surface area contributed by atoms with Crippen LogP contribution in [0.5, 0.6) is 0 Å². The van der Waals surface area contributed by atoms with Gasteiger partial charge in [-0.15, -0.1) is 0 Å². The van der Waals surface area contributed by atoms with Gasteiger partial charge in [0.25, 0.3) is 0 Å². The zero-order valence-electron chi connectivity index (χ0n) is 11.3. The highest BCUT2D eigenvalue weighted by Gasteiger charge is 1.99. The average Bonchev–Trinajstić information content (AvgIpc) is 2.29. The first-order chi connectivity index (χ1) is 8.16. The maximum absolute atomic E-state index is 10.6. The van der Waals surface area contributed by atoms with E-state index in [-0.39, 0.29) is 12.4 Å². The maximum atomic E-state index is 10.6. The molecule has 0 saturated carbocycles. The molecule has 0 aromatic carbocycles. The molecule has 0 heterocycles. The minimum atomic E-state index is 0.0689. The van der Waals surface area contributed by atoms with E-state index in [0.717, 1.165) is 39.4 Å². The second-order valence-electron chi connectivity index (χ2n) is 4.02. The van der Waals surface area contributed by atoms with Crippen molar-refractivity contribution >= 4 is 5.78 Å². The fourth-order valence-electron chi connectivity index (χ4n) is 1.19. The van der Waals surface area contributed by atoms with E-state index in [0.29, 0.717) is 6.61 Å². The van der Waals surface area contributed by atoms with Crippen molar-refractivity contribution < 1.29 is 14.3 Å². The van der Waals surface area contributed by atoms with Crippen LogP contribution >= 0.6 is 0 Å². The van der Waals surface area contributed by atoms with Gasteiger partial charge in [0, 0.05) is 19.6 Å². The predicted octanol–water partition coefficient (Wildman–Crippen LogP) is 0.150. The van der Waals surface area contributed by atoms with E-state index in [4.69, 9.17) is 9.47 Å². The topological polar surface area (TPSA) is 50.8 Å². The van der Waals surface area contributed by atoms with E-state index in [2.05, 4.69) is 17.1 Å². The first kappa shape index (κ1) is 16.5. The Labute approximate surface area is 104 Å². The lowest BCUT2D eigenvalue weighted by Crippen LogP contribution is -2.28. The molecule has 0 saturated heterocycles. The van der Waals surface area contributed by atoms with Crippen LogP contribution in [0.25, 0.3) is 0 Å². The number of likely N-dealkylation sites (N-methyl/N-ethyl adjacent to an activating group) is 2. The molecule has 5 heteroatoms. The summed E-state index contributed by atoms with van der Waals surface area (Å²) in [5.41, 5.74) is 0. The molecule has 17 heavy (non-hydrogen) atoms. The van der Waals surface area contributed by atoms with Crippen molar-refractivity contribution in [2.24, 2.45) is 0 Å². The fourth-order valence-corrected chi connectivity index (χ4v) is 1.19. The van der Waals surface area contributed by atoms with Gasteiger partial charge in [0.2, 0.25) is 0 Å². The smallest absolute Gasteiger partial charge is 0.155 e. The third-order valence-corrected chi connectivity index (χ3v) is 2.21. The molecule has 0 spiro atoms. The molecule has 0 radical (unpaired) electrons. The summed E-state index contributed by atoms with van der Waals surface area (Å²) < 4.78 is 10.6. The van der Waals surface area contributed by atoms with Crippen LogP contribution in [-0.2, 0) is 14.3 Å². The molecule has 0 amide bonds. The Kier molecular flexibility index (Phi) is 11.6. The number of ketones is 1. The molecule has 1 N–H and O–H groups in total. The summed E-state index contributed by atoms with van der Waals surface area (Å²) in [6, 6.07) is 0. The molecule has 0 unspecified atom stereocenters. The Hall–Kier alpha value is -0.490. The number of nitrogens with one attached hydrogen (secondary N) is 1. The van der Waals surface area contributed by atoms with Crippen molar-refractivity contribution in [3.63, 3.8) is 0 Å². The number of nitrogens with zero attached hydrogens (tertiary/aromatic N) is 1. The summed E-state index contributed by atoms with van der Waals surface area (Å²) in [5, 5.41) is 3.20. The third kappa shape index (κ3) is 13.4. The quantitative estimate of drug-likeness (QED) is 0.497. The second-order valence-corrected chi connectivity index (χ2v) is 4.02. The number of Topliss-reactive ketones (excluding diaryl/α,β-unsaturated/α-hetero) is 1. The van der Waals surface area contributed by atoms with E-state index < -0.39 is 0 Å². The first-order valence-corrected chi connectivity index (χ1v) is 6.21. The molecule has 102 valence electrons. The van der Waals surface area contributed by atoms with E-state index in [1.54, 1.807) is 0 Å². The van der Waals surface area contributed by atoms with Gasteiger partial charge in [0.05, 0.1) is 19.8 Å². The van der Waals surface area contributed by atoms with E-state index in [9.17, 15) is 4.79 Å². The minimum absolute atomic E-state index is 0.0689. The third-order valence-electron chi connectivity index (χ3n) is 2.21. The van der Waals surface area contributed by atoms with Gasteiger partial charge in [-0.3, -0.25) is 4.79 Å². The average molecular weight is 246 g/mol. The number of carbonyl (C=O) groups is 1. The van der Waals surface area contributed by atoms with Gasteiger partial charge in [-0.25, -0.2) is 0 Å². The summed E-state index contributed by atoms with van der Waals surface area (Å²) in [6.45, 7) is 9.49. The molecular formula is C12H26N2O3. The molecule has 0 aliphatic heterocycles. The van der Waals surface area contributed by atoms with Crippen molar-refractivity contribution in [3.8, 4) is 0 Å². The Bertz CT molecular complexity index is 189. The lowest BCUT2D eigenvalue weighted by atomic mass is 10.5. The summed E-state index contributed by atoms with van der Waals surface area (Å²) in [4.78, 5) is 12.8. The zero-order valence-corrected chi connectivity index (χ0v) is 11.3. The van der Waals surface area contributed by atoms with Crippen molar-refractivity contribution in [3.05, 3.63) is 0 Å². The summed E-state index contributed by atoms with van der Waals surface area (Å²) in [5.74, 6) is 0.0689. The number of rotatable bonds is 12. The van der Waals surface area contributed by atoms with Gasteiger partial charge < -0.3 is 19.7 Å². The number of hydrogen-bond acceptors (Lipinski definition) is 5. The van der Waals surface area contributed by atoms with E-state index in [1.165, 1.54) is 6.92 Å². The van der Waals surface area contributed by atoms with Crippen molar-refractivity contribution in [1.82, 2.24) is 10.2 Å². The van der Waals surface area contributed by atoms with E-state index >= 15 is 0 Å². The predicted molar refractivity (Wildman–Crippen MR) is 68.4 cm³/mol. The summed E-state index contributed by atoms with van der Waals surface area (Å²) in [7, 11) is 2.02. The summed E-state index contributed by atoms with van der Waals surface area (Å²) >= 11 is 0. The largest absolute Gasteiger partial charge is 0.379 e. The minimum Gasteiger partial charge on any atom is -0.379 e. The molecule has 0 aliphatic rings. The van der Waals surface area contributed by atoms with Gasteiger partial charge in [-0.2, -0.15) is 0 Å².